The maximum absolute atomic E-state index is 16.0. The fourth-order valence-corrected chi connectivity index (χ4v) is 14.2. The molecular formula is C79H130N16O12. The second kappa shape index (κ2) is 47.1. The van der Waals surface area contributed by atoms with Crippen LogP contribution in [0.2, 0.25) is 0 Å². The molecule has 3 aliphatic heterocycles. The first-order valence-corrected chi connectivity index (χ1v) is 39.7. The summed E-state index contributed by atoms with van der Waals surface area (Å²) in [7, 11) is 0. The van der Waals surface area contributed by atoms with E-state index >= 15 is 24.0 Å². The Bertz CT molecular complexity index is 3160. The van der Waals surface area contributed by atoms with Crippen LogP contribution >= 0.6 is 0 Å². The first kappa shape index (κ1) is 89.7. The number of amides is 11. The Morgan fingerprint density at radius 1 is 0.458 bits per heavy atom. The van der Waals surface area contributed by atoms with Crippen molar-refractivity contribution < 1.29 is 57.5 Å². The molecule has 18 N–H and O–H groups in total. The predicted octanol–water partition coefficient (Wildman–Crippen LogP) is 2.84. The predicted molar refractivity (Wildman–Crippen MR) is 413 cm³/mol. The van der Waals surface area contributed by atoms with E-state index in [0.29, 0.717) is 69.2 Å². The Labute approximate surface area is 634 Å². The molecule has 0 aromatic heterocycles. The summed E-state index contributed by atoms with van der Waals surface area (Å²) in [5.41, 5.74) is 25.3. The zero-order chi connectivity index (χ0) is 78.7. The molecule has 0 bridgehead atoms. The lowest BCUT2D eigenvalue weighted by Gasteiger charge is -2.33. The zero-order valence-electron chi connectivity index (χ0n) is 65.2. The lowest BCUT2D eigenvalue weighted by Crippen LogP contribution is -2.62. The lowest BCUT2D eigenvalue weighted by molar-refractivity contribution is -0.143. The van der Waals surface area contributed by atoms with E-state index in [-0.39, 0.29) is 121 Å². The lowest BCUT2D eigenvalue weighted by atomic mass is 9.98. The van der Waals surface area contributed by atoms with Crippen LogP contribution in [0.3, 0.4) is 0 Å². The van der Waals surface area contributed by atoms with E-state index in [1.807, 2.05) is 27.7 Å². The second-order valence-corrected chi connectivity index (χ2v) is 30.9. The number of rotatable bonds is 35. The average Bonchev–Trinajstić information content (AvgIpc) is 1.54. The van der Waals surface area contributed by atoms with Crippen LogP contribution in [-0.2, 0) is 70.4 Å². The third kappa shape index (κ3) is 29.5. The Morgan fingerprint density at radius 2 is 0.879 bits per heavy atom. The van der Waals surface area contributed by atoms with Gasteiger partial charge in [-0.2, -0.15) is 0 Å². The number of hydrogen-bond acceptors (Lipinski definition) is 17. The molecule has 3 heterocycles. The van der Waals surface area contributed by atoms with E-state index in [9.17, 15) is 33.6 Å². The highest BCUT2D eigenvalue weighted by Crippen LogP contribution is 2.26. The van der Waals surface area contributed by atoms with Crippen molar-refractivity contribution in [2.24, 2.45) is 46.6 Å². The van der Waals surface area contributed by atoms with Crippen molar-refractivity contribution in [1.82, 2.24) is 63.0 Å². The van der Waals surface area contributed by atoms with Crippen LogP contribution in [0.4, 0.5) is 0 Å². The van der Waals surface area contributed by atoms with Crippen molar-refractivity contribution in [3.8, 4) is 0 Å². The normalized spacial score (nSPS) is 24.4. The monoisotopic (exact) mass is 1500 g/mol. The van der Waals surface area contributed by atoms with Gasteiger partial charge in [-0.25, -0.2) is 0 Å². The quantitative estimate of drug-likeness (QED) is 0.0441. The number of unbranched alkanes of at least 4 members (excludes halogenated alkanes) is 6. The summed E-state index contributed by atoms with van der Waals surface area (Å²) in [6, 6.07) is 2.31. The van der Waals surface area contributed by atoms with Crippen molar-refractivity contribution in [3.63, 3.8) is 0 Å². The molecule has 0 radical (unpaired) electrons. The van der Waals surface area contributed by atoms with Crippen LogP contribution in [0.25, 0.3) is 0 Å². The van der Waals surface area contributed by atoms with Gasteiger partial charge in [-0.3, -0.25) is 57.5 Å². The molecule has 5 rings (SSSR count). The fourth-order valence-electron chi connectivity index (χ4n) is 14.2. The second-order valence-electron chi connectivity index (χ2n) is 30.9. The molecule has 0 spiro atoms. The van der Waals surface area contributed by atoms with Crippen LogP contribution in [0.15, 0.2) is 60.7 Å². The van der Waals surface area contributed by atoms with Gasteiger partial charge in [-0.05, 0) is 157 Å². The van der Waals surface area contributed by atoms with E-state index < -0.39 is 155 Å². The smallest absolute Gasteiger partial charge is 0.246 e. The maximum atomic E-state index is 16.0. The summed E-state index contributed by atoms with van der Waals surface area (Å²) in [5.74, 6) is -9.40. The van der Waals surface area contributed by atoms with Gasteiger partial charge in [0, 0.05) is 38.4 Å². The van der Waals surface area contributed by atoms with Crippen LogP contribution in [0.1, 0.15) is 208 Å². The number of nitrogens with one attached hydrogen (secondary N) is 10. The SMILES string of the molecule is CCCCCCCC(=O)[C@H](CCCCN)NC(=O)[C@H](CCCCN)N[C@@H]1C[C@H]2C(=O)N[C@@H](C(C)C)C(=O)N[C@@H](CCCN)C(=O)N[C@@H](CC(C)C)C(=O)N[C@H](Cc3ccccc3)C(=O)N3CCC[C@H]3C(=O)N[C@@H](C(C)C)C(=O)N[C@@H](CCCN)C(=O)N[C@@H](CC(C)C)C(=O)N[C@H](Cc3ccccc3)C(=O)N2C1. The number of ketones is 1. The highest BCUT2D eigenvalue weighted by atomic mass is 16.2. The van der Waals surface area contributed by atoms with Crippen LogP contribution < -0.4 is 76.1 Å². The summed E-state index contributed by atoms with van der Waals surface area (Å²) in [6.45, 7) is 17.2. The molecule has 0 unspecified atom stereocenters. The number of Topliss-reactive ketones (excluding diaryl/α,β-unsaturated/α-hetero) is 1. The van der Waals surface area contributed by atoms with Gasteiger partial charge in [0.05, 0.1) is 12.1 Å². The molecule has 107 heavy (non-hydrogen) atoms. The van der Waals surface area contributed by atoms with E-state index in [1.54, 1.807) is 88.4 Å². The van der Waals surface area contributed by atoms with E-state index in [1.165, 1.54) is 9.80 Å². The van der Waals surface area contributed by atoms with Gasteiger partial charge in [-0.1, -0.05) is 155 Å². The van der Waals surface area contributed by atoms with Gasteiger partial charge in [-0.15, -0.1) is 0 Å². The highest BCUT2D eigenvalue weighted by molar-refractivity contribution is 6.00. The zero-order valence-corrected chi connectivity index (χ0v) is 65.2. The van der Waals surface area contributed by atoms with Gasteiger partial charge in [0.25, 0.3) is 0 Å². The number of carbonyl (C=O) groups excluding carboxylic acids is 12. The van der Waals surface area contributed by atoms with Gasteiger partial charge >= 0.3 is 0 Å². The number of carbonyl (C=O) groups is 12. The molecule has 13 atom stereocenters. The molecule has 3 saturated heterocycles. The topological polar surface area (TPSA) is 436 Å². The van der Waals surface area contributed by atoms with E-state index in [0.717, 1.165) is 25.7 Å². The molecule has 11 amide bonds. The Hall–Kier alpha value is -7.92. The summed E-state index contributed by atoms with van der Waals surface area (Å²) < 4.78 is 0. The molecule has 2 aromatic rings. The van der Waals surface area contributed by atoms with Crippen molar-refractivity contribution in [3.05, 3.63) is 71.8 Å². The number of fused-ring (bicyclic) bond motifs is 2. The third-order valence-electron chi connectivity index (χ3n) is 20.2. The van der Waals surface area contributed by atoms with Crippen molar-refractivity contribution >= 4 is 70.8 Å². The minimum absolute atomic E-state index is 0.000732. The summed E-state index contributed by atoms with van der Waals surface area (Å²) in [6.07, 6.45) is 8.87. The largest absolute Gasteiger partial charge is 0.345 e. The van der Waals surface area contributed by atoms with Crippen molar-refractivity contribution in [2.75, 3.05) is 39.3 Å². The first-order chi connectivity index (χ1) is 51.1. The van der Waals surface area contributed by atoms with Gasteiger partial charge in [0.2, 0.25) is 65.0 Å². The highest BCUT2D eigenvalue weighted by Gasteiger charge is 2.46. The number of hydrogen-bond donors (Lipinski definition) is 14. The third-order valence-corrected chi connectivity index (χ3v) is 20.2. The summed E-state index contributed by atoms with van der Waals surface area (Å²) in [4.78, 5) is 183. The molecule has 2 aromatic carbocycles. The number of nitrogens with zero attached hydrogens (tertiary/aromatic N) is 2. The Kier molecular flexibility index (Phi) is 39.5. The fraction of sp³-hybridized carbons (Fsp3) is 0.696. The van der Waals surface area contributed by atoms with Crippen LogP contribution in [0.5, 0.6) is 0 Å². The minimum Gasteiger partial charge on any atom is -0.345 e. The van der Waals surface area contributed by atoms with E-state index in [4.69, 9.17) is 22.9 Å². The maximum Gasteiger partial charge on any atom is 0.246 e. The molecule has 0 aliphatic carbocycles. The van der Waals surface area contributed by atoms with E-state index in [2.05, 4.69) is 60.1 Å². The van der Waals surface area contributed by atoms with Crippen LogP contribution in [0, 0.1) is 23.7 Å². The molecule has 598 valence electrons. The number of nitrogens with two attached hydrogens (primary N) is 4. The van der Waals surface area contributed by atoms with Gasteiger partial charge in [0.1, 0.15) is 60.4 Å². The summed E-state index contributed by atoms with van der Waals surface area (Å²) in [5, 5.41) is 29.6. The molecule has 3 fully saturated rings. The van der Waals surface area contributed by atoms with Crippen molar-refractivity contribution in [2.45, 2.75) is 289 Å². The Morgan fingerprint density at radius 3 is 1.33 bits per heavy atom. The minimum atomic E-state index is -1.42. The standard InChI is InChI=1S/C79H130N16O12/c1-10-11-12-13-20-37-66(96)56(32-21-23-38-80)85-69(97)57(33-22-24-39-81)84-55-47-65-75(103)93-68(52(8)9)77(105)87-59(35-26-41-83)71(99)88-60(43-49(2)3)72(100)90-62(45-53-28-16-14-17-29-53)78(106)94-42-27-36-64(94)74(102)92-67(51(6)7)76(104)86-58(34-25-40-82)70(98)89-61(44-50(4)5)73(101)91-63(79(107)95(65)48-55)46-54-30-18-15-19-31-54/h14-19,28-31,49-52,55-65,67-68,84H,10-13,20-27,32-48,80-83H2,1-9H3,(H,85,97)(H,86,104)(H,87,105)(H,88,99)(H,89,98)(H,90,100)(H,91,101)(H,92,102)(H,93,103)/t55-,56+,57+,58+,59+,60+,61+,62-,63-,64+,65+,67+,68+/m1/s1. The van der Waals surface area contributed by atoms with Crippen LogP contribution in [-0.4, -0.2) is 198 Å². The van der Waals surface area contributed by atoms with Gasteiger partial charge < -0.3 is 85.9 Å². The molecule has 28 nitrogen and oxygen atoms in total. The average molecular weight is 1500 g/mol. The Balaban J connectivity index is 1.67. The molecule has 0 saturated carbocycles. The molecule has 28 heteroatoms. The molecular weight excluding hydrogens is 1360 g/mol. The van der Waals surface area contributed by atoms with Gasteiger partial charge in [0.15, 0.2) is 5.78 Å². The summed E-state index contributed by atoms with van der Waals surface area (Å²) >= 11 is 0. The molecule has 3 aliphatic rings. The van der Waals surface area contributed by atoms with Crippen molar-refractivity contribution in [1.29, 1.82) is 0 Å². The number of benzene rings is 2. The first-order valence-electron chi connectivity index (χ1n) is 39.7.